The molecule has 1 saturated carbocycles. The Labute approximate surface area is 114 Å². The molecule has 1 aromatic rings. The maximum Gasteiger partial charge on any atom is 0.290 e. The Kier molecular flexibility index (Phi) is 3.65. The number of aromatic amines is 1. The zero-order valence-corrected chi connectivity index (χ0v) is 12.3. The summed E-state index contributed by atoms with van der Waals surface area (Å²) in [5.74, 6) is 0.818. The molecule has 1 amide bonds. The molecular weight excluding hydrogens is 240 g/mol. The van der Waals surface area contributed by atoms with E-state index in [0.29, 0.717) is 5.41 Å². The molecule has 1 fully saturated rings. The van der Waals surface area contributed by atoms with Gasteiger partial charge in [0, 0.05) is 12.0 Å². The Hall–Kier alpha value is -1.39. The molecule has 2 rings (SSSR count). The fraction of sp³-hybridized carbons (Fsp3) is 0.786. The summed E-state index contributed by atoms with van der Waals surface area (Å²) in [7, 11) is 0. The van der Waals surface area contributed by atoms with Gasteiger partial charge in [-0.05, 0) is 24.7 Å². The Morgan fingerprint density at radius 3 is 2.58 bits per heavy atom. The van der Waals surface area contributed by atoms with Crippen molar-refractivity contribution < 1.29 is 4.79 Å². The van der Waals surface area contributed by atoms with Crippen LogP contribution >= 0.6 is 0 Å². The smallest absolute Gasteiger partial charge is 0.290 e. The summed E-state index contributed by atoms with van der Waals surface area (Å²) in [6.45, 7) is 9.05. The van der Waals surface area contributed by atoms with Crippen LogP contribution in [0, 0.1) is 5.41 Å². The molecule has 0 aromatic carbocycles. The second-order valence-electron chi connectivity index (χ2n) is 6.69. The minimum atomic E-state index is -0.172. The summed E-state index contributed by atoms with van der Waals surface area (Å²) >= 11 is 0. The Morgan fingerprint density at radius 2 is 2.11 bits per heavy atom. The Morgan fingerprint density at radius 1 is 1.42 bits per heavy atom. The van der Waals surface area contributed by atoms with E-state index in [1.165, 1.54) is 25.7 Å². The van der Waals surface area contributed by atoms with Gasteiger partial charge in [0.05, 0.1) is 0 Å². The number of rotatable bonds is 5. The molecule has 0 bridgehead atoms. The molecule has 1 aromatic heterocycles. The number of nitrogens with zero attached hydrogens (tertiary/aromatic N) is 2. The van der Waals surface area contributed by atoms with Gasteiger partial charge in [-0.15, -0.1) is 5.10 Å². The number of hydrogen-bond donors (Lipinski definition) is 2. The van der Waals surface area contributed by atoms with E-state index in [4.69, 9.17) is 0 Å². The summed E-state index contributed by atoms with van der Waals surface area (Å²) in [5, 5.41) is 9.81. The van der Waals surface area contributed by atoms with Crippen LogP contribution in [0.15, 0.2) is 0 Å². The summed E-state index contributed by atoms with van der Waals surface area (Å²) in [6.07, 6.45) is 4.81. The van der Waals surface area contributed by atoms with Gasteiger partial charge in [-0.3, -0.25) is 9.89 Å². The maximum atomic E-state index is 12.0. The van der Waals surface area contributed by atoms with Crippen molar-refractivity contribution in [3.63, 3.8) is 0 Å². The lowest BCUT2D eigenvalue weighted by molar-refractivity contribution is 0.0933. The van der Waals surface area contributed by atoms with Gasteiger partial charge in [0.1, 0.15) is 5.82 Å². The van der Waals surface area contributed by atoms with Crippen LogP contribution < -0.4 is 5.32 Å². The molecule has 0 saturated heterocycles. The Balaban J connectivity index is 1.92. The molecule has 106 valence electrons. The second-order valence-corrected chi connectivity index (χ2v) is 6.69. The molecular formula is C14H24N4O. The maximum absolute atomic E-state index is 12.0. The first-order valence-electron chi connectivity index (χ1n) is 7.07. The van der Waals surface area contributed by atoms with Gasteiger partial charge in [-0.25, -0.2) is 4.98 Å². The number of aromatic nitrogens is 3. The first-order valence-corrected chi connectivity index (χ1v) is 7.07. The molecule has 0 spiro atoms. The fourth-order valence-electron chi connectivity index (χ4n) is 2.27. The molecule has 1 heterocycles. The molecule has 0 aliphatic heterocycles. The highest BCUT2D eigenvalue weighted by molar-refractivity contribution is 5.90. The van der Waals surface area contributed by atoms with Gasteiger partial charge in [0.2, 0.25) is 5.82 Å². The molecule has 0 atom stereocenters. The molecule has 1 aliphatic carbocycles. The molecule has 2 N–H and O–H groups in total. The van der Waals surface area contributed by atoms with Crippen molar-refractivity contribution in [3.05, 3.63) is 11.6 Å². The second kappa shape index (κ2) is 4.94. The molecule has 19 heavy (non-hydrogen) atoms. The van der Waals surface area contributed by atoms with Crippen LogP contribution in [0.4, 0.5) is 0 Å². The minimum Gasteiger partial charge on any atom is -0.349 e. The van der Waals surface area contributed by atoms with Gasteiger partial charge in [0.25, 0.3) is 5.91 Å². The van der Waals surface area contributed by atoms with E-state index in [2.05, 4.69) is 27.4 Å². The molecule has 0 unspecified atom stereocenters. The fourth-order valence-corrected chi connectivity index (χ4v) is 2.27. The van der Waals surface area contributed by atoms with Crippen molar-refractivity contribution in [2.45, 2.75) is 58.8 Å². The van der Waals surface area contributed by atoms with Crippen molar-refractivity contribution in [2.24, 2.45) is 5.41 Å². The normalized spacial score (nSPS) is 17.3. The summed E-state index contributed by atoms with van der Waals surface area (Å²) < 4.78 is 0. The van der Waals surface area contributed by atoms with Crippen molar-refractivity contribution in [1.82, 2.24) is 20.5 Å². The van der Waals surface area contributed by atoms with Crippen LogP contribution in [0.25, 0.3) is 0 Å². The first-order chi connectivity index (χ1) is 8.86. The Bertz CT molecular complexity index is 454. The summed E-state index contributed by atoms with van der Waals surface area (Å²) in [4.78, 5) is 16.3. The molecule has 5 heteroatoms. The molecule has 1 aliphatic rings. The third kappa shape index (κ3) is 3.33. The van der Waals surface area contributed by atoms with E-state index in [1.807, 2.05) is 20.8 Å². The van der Waals surface area contributed by atoms with Crippen molar-refractivity contribution in [1.29, 1.82) is 0 Å². The highest BCUT2D eigenvalue weighted by atomic mass is 16.2. The average molecular weight is 264 g/mol. The van der Waals surface area contributed by atoms with Crippen molar-refractivity contribution in [2.75, 3.05) is 6.54 Å². The number of H-pyrrole nitrogens is 1. The number of carbonyl (C=O) groups excluding carboxylic acids is 1. The highest BCUT2D eigenvalue weighted by Gasteiger charge is 2.41. The monoisotopic (exact) mass is 264 g/mol. The third-order valence-corrected chi connectivity index (χ3v) is 3.76. The number of carbonyl (C=O) groups is 1. The summed E-state index contributed by atoms with van der Waals surface area (Å²) in [6, 6.07) is 0. The van der Waals surface area contributed by atoms with Crippen LogP contribution in [0.1, 0.15) is 69.8 Å². The SMILES string of the molecule is CCCC1(CNC(=O)c2n[nH]c(C(C)(C)C)n2)CC1. The van der Waals surface area contributed by atoms with E-state index in [9.17, 15) is 4.79 Å². The van der Waals surface area contributed by atoms with E-state index in [-0.39, 0.29) is 17.1 Å². The van der Waals surface area contributed by atoms with Gasteiger partial charge >= 0.3 is 0 Å². The van der Waals surface area contributed by atoms with Crippen LogP contribution in [0.5, 0.6) is 0 Å². The molecule has 5 nitrogen and oxygen atoms in total. The first kappa shape index (κ1) is 14.0. The lowest BCUT2D eigenvalue weighted by atomic mass is 9.96. The number of nitrogens with one attached hydrogen (secondary N) is 2. The largest absolute Gasteiger partial charge is 0.349 e. The van der Waals surface area contributed by atoms with E-state index < -0.39 is 0 Å². The lowest BCUT2D eigenvalue weighted by Gasteiger charge is -2.14. The topological polar surface area (TPSA) is 70.7 Å². The van der Waals surface area contributed by atoms with E-state index >= 15 is 0 Å². The third-order valence-electron chi connectivity index (χ3n) is 3.76. The zero-order valence-electron chi connectivity index (χ0n) is 12.3. The van der Waals surface area contributed by atoms with E-state index in [0.717, 1.165) is 12.4 Å². The highest BCUT2D eigenvalue weighted by Crippen LogP contribution is 2.48. The predicted molar refractivity (Wildman–Crippen MR) is 74.0 cm³/mol. The standard InChI is InChI=1S/C14H24N4O/c1-5-6-14(7-8-14)9-15-11(19)10-16-12(18-17-10)13(2,3)4/h5-9H2,1-4H3,(H,15,19)(H,16,17,18). The van der Waals surface area contributed by atoms with Crippen LogP contribution in [-0.2, 0) is 5.41 Å². The average Bonchev–Trinajstić information content (AvgIpc) is 2.91. The number of hydrogen-bond acceptors (Lipinski definition) is 3. The zero-order chi connectivity index (χ0) is 14.1. The lowest BCUT2D eigenvalue weighted by Crippen LogP contribution is -2.31. The predicted octanol–water partition coefficient (Wildman–Crippen LogP) is 2.41. The van der Waals surface area contributed by atoms with Gasteiger partial charge < -0.3 is 5.32 Å². The van der Waals surface area contributed by atoms with Gasteiger partial charge in [0.15, 0.2) is 0 Å². The van der Waals surface area contributed by atoms with E-state index in [1.54, 1.807) is 0 Å². The van der Waals surface area contributed by atoms with Gasteiger partial charge in [-0.2, -0.15) is 0 Å². The quantitative estimate of drug-likeness (QED) is 0.858. The van der Waals surface area contributed by atoms with Crippen LogP contribution in [-0.4, -0.2) is 27.6 Å². The number of amides is 1. The van der Waals surface area contributed by atoms with Crippen LogP contribution in [0.2, 0.25) is 0 Å². The molecule has 0 radical (unpaired) electrons. The van der Waals surface area contributed by atoms with Gasteiger partial charge in [-0.1, -0.05) is 34.1 Å². The minimum absolute atomic E-state index is 0.120. The summed E-state index contributed by atoms with van der Waals surface area (Å²) in [5.41, 5.74) is 0.235. The van der Waals surface area contributed by atoms with Crippen LogP contribution in [0.3, 0.4) is 0 Å². The van der Waals surface area contributed by atoms with Crippen molar-refractivity contribution >= 4 is 5.91 Å². The van der Waals surface area contributed by atoms with Crippen molar-refractivity contribution in [3.8, 4) is 0 Å².